The molecule has 0 aliphatic carbocycles. The number of nitrogens with zero attached hydrogens (tertiary/aromatic N) is 1. The van der Waals surface area contributed by atoms with E-state index in [1.165, 1.54) is 0 Å². The highest BCUT2D eigenvalue weighted by Gasteiger charge is 2.13. The number of hydrogen-bond acceptors (Lipinski definition) is 3. The van der Waals surface area contributed by atoms with Gasteiger partial charge in [-0.25, -0.2) is 0 Å². The van der Waals surface area contributed by atoms with Crippen molar-refractivity contribution in [1.82, 2.24) is 4.98 Å². The molecule has 2 aromatic rings. The maximum Gasteiger partial charge on any atom is 0.119 e. The first kappa shape index (κ1) is 14.5. The summed E-state index contributed by atoms with van der Waals surface area (Å²) in [5, 5.41) is 10.3. The summed E-state index contributed by atoms with van der Waals surface area (Å²) < 4.78 is 6.95. The lowest BCUT2D eigenvalue weighted by Crippen LogP contribution is -2.03. The van der Waals surface area contributed by atoms with Gasteiger partial charge >= 0.3 is 0 Å². The van der Waals surface area contributed by atoms with E-state index in [-0.39, 0.29) is 0 Å². The third kappa shape index (κ3) is 3.78. The van der Waals surface area contributed by atoms with Gasteiger partial charge < -0.3 is 9.84 Å². The molecule has 1 aromatic carbocycles. The Hall–Kier alpha value is -0.910. The number of ether oxygens (including phenoxy) is 1. The van der Waals surface area contributed by atoms with Crippen LogP contribution in [0.25, 0.3) is 0 Å². The van der Waals surface area contributed by atoms with E-state index < -0.39 is 6.10 Å². The molecule has 1 aromatic heterocycles. The second kappa shape index (κ2) is 6.50. The van der Waals surface area contributed by atoms with Gasteiger partial charge in [-0.1, -0.05) is 15.9 Å². The van der Waals surface area contributed by atoms with Gasteiger partial charge in [-0.15, -0.1) is 0 Å². The fraction of sp³-hybridized carbons (Fsp3) is 0.214. The van der Waals surface area contributed by atoms with Crippen LogP contribution >= 0.6 is 31.9 Å². The number of benzene rings is 1. The van der Waals surface area contributed by atoms with E-state index in [0.29, 0.717) is 6.42 Å². The highest BCUT2D eigenvalue weighted by atomic mass is 79.9. The SMILES string of the molecule is COc1ccc(Br)c(C(O)Cc2cncc(Br)c2)c1. The number of aliphatic hydroxyl groups excluding tert-OH is 1. The Labute approximate surface area is 128 Å². The summed E-state index contributed by atoms with van der Waals surface area (Å²) >= 11 is 6.82. The van der Waals surface area contributed by atoms with Gasteiger partial charge in [0.25, 0.3) is 0 Å². The van der Waals surface area contributed by atoms with E-state index in [4.69, 9.17) is 4.74 Å². The molecular formula is C14H13Br2NO2. The van der Waals surface area contributed by atoms with Crippen molar-refractivity contribution in [3.05, 3.63) is 56.7 Å². The average molecular weight is 387 g/mol. The Morgan fingerprint density at radius 1 is 1.26 bits per heavy atom. The van der Waals surface area contributed by atoms with Crippen molar-refractivity contribution in [1.29, 1.82) is 0 Å². The van der Waals surface area contributed by atoms with Crippen molar-refractivity contribution in [3.63, 3.8) is 0 Å². The van der Waals surface area contributed by atoms with Gasteiger partial charge in [0, 0.05) is 27.8 Å². The van der Waals surface area contributed by atoms with Crippen LogP contribution in [0.1, 0.15) is 17.2 Å². The normalized spacial score (nSPS) is 12.2. The van der Waals surface area contributed by atoms with Crippen LogP contribution in [0.4, 0.5) is 0 Å². The summed E-state index contributed by atoms with van der Waals surface area (Å²) in [6.07, 6.45) is 3.36. The Morgan fingerprint density at radius 3 is 2.74 bits per heavy atom. The van der Waals surface area contributed by atoms with Crippen LogP contribution in [0.15, 0.2) is 45.6 Å². The first-order valence-electron chi connectivity index (χ1n) is 5.71. The maximum atomic E-state index is 10.3. The summed E-state index contributed by atoms with van der Waals surface area (Å²) in [7, 11) is 1.61. The topological polar surface area (TPSA) is 42.4 Å². The van der Waals surface area contributed by atoms with E-state index in [1.807, 2.05) is 24.3 Å². The fourth-order valence-electron chi connectivity index (χ4n) is 1.80. The average Bonchev–Trinajstić information content (AvgIpc) is 2.39. The second-order valence-corrected chi connectivity index (χ2v) is 5.89. The van der Waals surface area contributed by atoms with E-state index in [9.17, 15) is 5.11 Å². The lowest BCUT2D eigenvalue weighted by Gasteiger charge is -2.14. The van der Waals surface area contributed by atoms with Crippen molar-refractivity contribution in [2.45, 2.75) is 12.5 Å². The van der Waals surface area contributed by atoms with Crippen molar-refractivity contribution >= 4 is 31.9 Å². The molecule has 0 bridgehead atoms. The van der Waals surface area contributed by atoms with Gasteiger partial charge in [-0.05, 0) is 51.3 Å². The summed E-state index contributed by atoms with van der Waals surface area (Å²) in [5.74, 6) is 0.726. The van der Waals surface area contributed by atoms with Crippen LogP contribution in [0.3, 0.4) is 0 Å². The van der Waals surface area contributed by atoms with Crippen LogP contribution in [-0.2, 0) is 6.42 Å². The summed E-state index contributed by atoms with van der Waals surface area (Å²) in [4.78, 5) is 4.09. The van der Waals surface area contributed by atoms with E-state index in [1.54, 1.807) is 19.5 Å². The van der Waals surface area contributed by atoms with Gasteiger partial charge in [-0.3, -0.25) is 4.98 Å². The number of aromatic nitrogens is 1. The van der Waals surface area contributed by atoms with Crippen LogP contribution in [0.5, 0.6) is 5.75 Å². The van der Waals surface area contributed by atoms with Crippen LogP contribution in [0.2, 0.25) is 0 Å². The standard InChI is InChI=1S/C14H13Br2NO2/c1-19-11-2-3-13(16)12(6-11)14(18)5-9-4-10(15)8-17-7-9/h2-4,6-8,14,18H,5H2,1H3. The zero-order valence-electron chi connectivity index (χ0n) is 10.3. The monoisotopic (exact) mass is 385 g/mol. The predicted molar refractivity (Wildman–Crippen MR) is 81.3 cm³/mol. The van der Waals surface area contributed by atoms with Crippen molar-refractivity contribution in [2.24, 2.45) is 0 Å². The number of halogens is 2. The van der Waals surface area contributed by atoms with Crippen molar-refractivity contribution in [2.75, 3.05) is 7.11 Å². The Kier molecular flexibility index (Phi) is 4.96. The molecule has 1 N–H and O–H groups in total. The molecule has 3 nitrogen and oxygen atoms in total. The quantitative estimate of drug-likeness (QED) is 0.866. The van der Waals surface area contributed by atoms with Gasteiger partial charge in [0.1, 0.15) is 5.75 Å². The molecule has 1 heterocycles. The number of hydrogen-bond donors (Lipinski definition) is 1. The molecule has 5 heteroatoms. The summed E-state index contributed by atoms with van der Waals surface area (Å²) in [6.45, 7) is 0. The Balaban J connectivity index is 2.22. The number of rotatable bonds is 4. The minimum absolute atomic E-state index is 0.498. The third-order valence-electron chi connectivity index (χ3n) is 2.75. The maximum absolute atomic E-state index is 10.3. The lowest BCUT2D eigenvalue weighted by molar-refractivity contribution is 0.177. The fourth-order valence-corrected chi connectivity index (χ4v) is 2.73. The smallest absolute Gasteiger partial charge is 0.119 e. The number of methoxy groups -OCH3 is 1. The van der Waals surface area contributed by atoms with Crippen LogP contribution in [0, 0.1) is 0 Å². The van der Waals surface area contributed by atoms with Crippen LogP contribution in [-0.4, -0.2) is 17.2 Å². The second-order valence-electron chi connectivity index (χ2n) is 4.12. The molecule has 0 aliphatic heterocycles. The molecule has 1 atom stereocenters. The molecule has 100 valence electrons. The molecule has 0 saturated carbocycles. The van der Waals surface area contributed by atoms with E-state index in [2.05, 4.69) is 36.8 Å². The van der Waals surface area contributed by atoms with E-state index in [0.717, 1.165) is 25.8 Å². The van der Waals surface area contributed by atoms with Crippen molar-refractivity contribution in [3.8, 4) is 5.75 Å². The summed E-state index contributed by atoms with van der Waals surface area (Å²) in [5.41, 5.74) is 1.77. The zero-order chi connectivity index (χ0) is 13.8. The molecule has 0 spiro atoms. The Bertz CT molecular complexity index is 575. The van der Waals surface area contributed by atoms with Crippen molar-refractivity contribution < 1.29 is 9.84 Å². The zero-order valence-corrected chi connectivity index (χ0v) is 13.5. The minimum Gasteiger partial charge on any atom is -0.497 e. The molecule has 0 radical (unpaired) electrons. The highest BCUT2D eigenvalue weighted by Crippen LogP contribution is 2.29. The van der Waals surface area contributed by atoms with Crippen LogP contribution < -0.4 is 4.74 Å². The minimum atomic E-state index is -0.611. The van der Waals surface area contributed by atoms with Gasteiger partial charge in [0.05, 0.1) is 13.2 Å². The summed E-state index contributed by atoms with van der Waals surface area (Å²) in [6, 6.07) is 7.50. The molecule has 2 rings (SSSR count). The molecule has 19 heavy (non-hydrogen) atoms. The van der Waals surface area contributed by atoms with E-state index >= 15 is 0 Å². The predicted octanol–water partition coefficient (Wildman–Crippen LogP) is 3.89. The molecule has 0 amide bonds. The molecule has 0 fully saturated rings. The molecule has 1 unspecified atom stereocenters. The van der Waals surface area contributed by atoms with Gasteiger partial charge in [0.2, 0.25) is 0 Å². The number of pyridine rings is 1. The first-order chi connectivity index (χ1) is 9.10. The van der Waals surface area contributed by atoms with Gasteiger partial charge in [0.15, 0.2) is 0 Å². The number of aliphatic hydroxyl groups is 1. The third-order valence-corrected chi connectivity index (χ3v) is 3.91. The highest BCUT2D eigenvalue weighted by molar-refractivity contribution is 9.10. The molecular weight excluding hydrogens is 374 g/mol. The molecule has 0 saturated heterocycles. The van der Waals surface area contributed by atoms with Gasteiger partial charge in [-0.2, -0.15) is 0 Å². The molecule has 0 aliphatic rings. The lowest BCUT2D eigenvalue weighted by atomic mass is 10.0. The Morgan fingerprint density at radius 2 is 2.05 bits per heavy atom. The first-order valence-corrected chi connectivity index (χ1v) is 7.29. The largest absolute Gasteiger partial charge is 0.497 e.